The number of phenols is 1. The largest absolute Gasteiger partial charge is 0.542 e. The summed E-state index contributed by atoms with van der Waals surface area (Å²) in [6.07, 6.45) is -0.166. The lowest BCUT2D eigenvalue weighted by Crippen LogP contribution is -2.44. The van der Waals surface area contributed by atoms with Gasteiger partial charge < -0.3 is 27.9 Å². The predicted molar refractivity (Wildman–Crippen MR) is 276 cm³/mol. The number of aliphatic hydroxyl groups excluding tert-OH is 1. The van der Waals surface area contributed by atoms with Gasteiger partial charge in [-0.2, -0.15) is 0 Å². The highest BCUT2D eigenvalue weighted by atomic mass is 35.5. The highest BCUT2D eigenvalue weighted by Gasteiger charge is 2.42. The fourth-order valence-corrected chi connectivity index (χ4v) is 9.86. The lowest BCUT2D eigenvalue weighted by atomic mass is 9.92. The molecule has 2 heterocycles. The lowest BCUT2D eigenvalue weighted by molar-refractivity contribution is 0.148. The fourth-order valence-electron chi connectivity index (χ4n) is 6.94. The van der Waals surface area contributed by atoms with E-state index in [0.717, 1.165) is 28.3 Å². The van der Waals surface area contributed by atoms with Gasteiger partial charge in [0.25, 0.3) is 8.32 Å². The van der Waals surface area contributed by atoms with Crippen LogP contribution in [-0.2, 0) is 17.3 Å². The van der Waals surface area contributed by atoms with Crippen molar-refractivity contribution in [3.63, 3.8) is 0 Å². The average Bonchev–Trinajstić information content (AvgIpc) is 3.97. The van der Waals surface area contributed by atoms with Crippen LogP contribution in [0.2, 0.25) is 46.3 Å². The molecule has 0 amide bonds. The molecule has 4 aromatic carbocycles. The maximum atomic E-state index is 15.2. The number of aromatic nitrogens is 4. The zero-order valence-corrected chi connectivity index (χ0v) is 45.7. The van der Waals surface area contributed by atoms with E-state index in [1.807, 2.05) is 26.8 Å². The second-order valence-corrected chi connectivity index (χ2v) is 30.8. The molecule has 0 aliphatic carbocycles. The molecule has 0 saturated carbocycles. The molecule has 4 atom stereocenters. The molecule has 6 aromatic rings. The van der Waals surface area contributed by atoms with E-state index in [4.69, 9.17) is 54.0 Å². The van der Waals surface area contributed by atoms with Gasteiger partial charge >= 0.3 is 0 Å². The molecule has 0 bridgehead atoms. The van der Waals surface area contributed by atoms with Crippen molar-refractivity contribution in [3.05, 3.63) is 139 Å². The molecule has 372 valence electrons. The molecule has 0 radical (unpaired) electrons. The molecular formula is C52H62Cl2F2N6O6Si2. The smallest absolute Gasteiger partial charge is 0.250 e. The Hall–Kier alpha value is -5.47. The van der Waals surface area contributed by atoms with E-state index >= 15 is 4.39 Å². The summed E-state index contributed by atoms with van der Waals surface area (Å²) in [5, 5.41) is 37.0. The van der Waals surface area contributed by atoms with Gasteiger partial charge in [-0.1, -0.05) is 89.0 Å². The number of benzene rings is 4. The molecule has 0 aliphatic heterocycles. The first-order valence-corrected chi connectivity index (χ1v) is 29.4. The number of aromatic hydroxyl groups is 1. The maximum Gasteiger partial charge on any atom is 0.250 e. The van der Waals surface area contributed by atoms with Crippen LogP contribution in [0.4, 0.5) is 20.2 Å². The van der Waals surface area contributed by atoms with Gasteiger partial charge in [0.2, 0.25) is 34.9 Å². The van der Waals surface area contributed by atoms with Crippen LogP contribution in [0.25, 0.3) is 32.6 Å². The Balaban J connectivity index is 0.000000282. The number of halogens is 4. The van der Waals surface area contributed by atoms with Crippen LogP contribution in [0.15, 0.2) is 69.5 Å². The molecule has 2 N–H and O–H groups in total. The number of phenolic OH excluding ortho intramolecular Hbond substituents is 1. The Bertz CT molecular complexity index is 2920. The number of hydrogen-bond donors (Lipinski definition) is 2. The summed E-state index contributed by atoms with van der Waals surface area (Å²) in [7, 11) is -4.35. The van der Waals surface area contributed by atoms with Gasteiger partial charge in [-0.05, 0) is 135 Å². The van der Waals surface area contributed by atoms with Crippen molar-refractivity contribution in [2.45, 2.75) is 142 Å². The highest BCUT2D eigenvalue weighted by molar-refractivity contribution is 6.75. The van der Waals surface area contributed by atoms with E-state index in [0.29, 0.717) is 51.3 Å². The average molecular weight is 1030 g/mol. The van der Waals surface area contributed by atoms with Crippen molar-refractivity contribution < 1.29 is 36.7 Å². The minimum atomic E-state index is -2.21. The van der Waals surface area contributed by atoms with Gasteiger partial charge in [0, 0.05) is 11.1 Å². The summed E-state index contributed by atoms with van der Waals surface area (Å²) in [4.78, 5) is 6.90. The van der Waals surface area contributed by atoms with Gasteiger partial charge in [0.05, 0.1) is 47.2 Å². The first-order chi connectivity index (χ1) is 32.5. The SMILES string of the molecule is [C-]#[N+]c1ccc(C[C@@H](c2nnc(-c3ccc(O)c(F)c3)o2)[C@H](C)O)c(C)c1Cl.[C-]#[N+]c1ccc(C[C@@H](c2nnc(-c3ccc(O[Si](C)(C)C(C)(C)C)c(F)c3)o2)[C@H](C)O[Si](C)(C)C(C)(C)C)c(C)c1Cl. The quantitative estimate of drug-likeness (QED) is 0.0799. The molecule has 70 heavy (non-hydrogen) atoms. The van der Waals surface area contributed by atoms with Crippen LogP contribution in [0.5, 0.6) is 11.5 Å². The Morgan fingerprint density at radius 3 is 1.54 bits per heavy atom. The van der Waals surface area contributed by atoms with Crippen LogP contribution >= 0.6 is 23.2 Å². The van der Waals surface area contributed by atoms with Gasteiger partial charge in [-0.25, -0.2) is 18.5 Å². The van der Waals surface area contributed by atoms with Gasteiger partial charge in [-0.15, -0.1) is 20.4 Å². The summed E-state index contributed by atoms with van der Waals surface area (Å²) in [6, 6.07) is 15.6. The highest BCUT2D eigenvalue weighted by Crippen LogP contribution is 2.42. The first kappa shape index (κ1) is 55.5. The zero-order chi connectivity index (χ0) is 52.3. The number of aliphatic hydroxyl groups is 1. The third-order valence-electron chi connectivity index (χ3n) is 13.6. The van der Waals surface area contributed by atoms with Gasteiger partial charge in [-0.3, -0.25) is 0 Å². The monoisotopic (exact) mass is 1030 g/mol. The predicted octanol–water partition coefficient (Wildman–Crippen LogP) is 15.3. The third-order valence-corrected chi connectivity index (χ3v) is 23.4. The lowest BCUT2D eigenvalue weighted by Gasteiger charge is -2.40. The Morgan fingerprint density at radius 2 is 1.11 bits per heavy atom. The minimum Gasteiger partial charge on any atom is -0.542 e. The maximum absolute atomic E-state index is 15.2. The Labute approximate surface area is 422 Å². The first-order valence-electron chi connectivity index (χ1n) is 22.8. The normalized spacial score (nSPS) is 13.9. The minimum absolute atomic E-state index is 0.00801. The second kappa shape index (κ2) is 21.9. The van der Waals surface area contributed by atoms with E-state index in [1.54, 1.807) is 37.3 Å². The van der Waals surface area contributed by atoms with E-state index in [9.17, 15) is 14.6 Å². The van der Waals surface area contributed by atoms with Crippen molar-refractivity contribution >= 4 is 51.2 Å². The van der Waals surface area contributed by atoms with E-state index < -0.39 is 46.0 Å². The van der Waals surface area contributed by atoms with Crippen LogP contribution in [0.3, 0.4) is 0 Å². The number of nitrogens with zero attached hydrogens (tertiary/aromatic N) is 6. The molecule has 2 aromatic heterocycles. The molecule has 18 heteroatoms. The fraction of sp³-hybridized carbons (Fsp3) is 0.423. The third kappa shape index (κ3) is 12.7. The van der Waals surface area contributed by atoms with Crippen LogP contribution in [0, 0.1) is 38.6 Å². The van der Waals surface area contributed by atoms with E-state index in [-0.39, 0.29) is 45.5 Å². The van der Waals surface area contributed by atoms with Crippen LogP contribution in [0.1, 0.15) is 101 Å². The van der Waals surface area contributed by atoms with Gasteiger partial charge in [0.1, 0.15) is 5.75 Å². The molecule has 0 saturated heterocycles. The Kier molecular flexibility index (Phi) is 17.3. The molecular weight excluding hydrogens is 970 g/mol. The van der Waals surface area contributed by atoms with Crippen molar-refractivity contribution in [1.29, 1.82) is 0 Å². The van der Waals surface area contributed by atoms with Crippen molar-refractivity contribution in [3.8, 4) is 34.4 Å². The summed E-state index contributed by atoms with van der Waals surface area (Å²) in [5.74, 6) is -1.40. The number of rotatable bonds is 14. The Morgan fingerprint density at radius 1 is 0.671 bits per heavy atom. The van der Waals surface area contributed by atoms with Crippen molar-refractivity contribution in [1.82, 2.24) is 20.4 Å². The van der Waals surface area contributed by atoms with E-state index in [1.165, 1.54) is 18.2 Å². The molecule has 0 aliphatic rings. The summed E-state index contributed by atoms with van der Waals surface area (Å²) in [6.45, 7) is 43.4. The van der Waals surface area contributed by atoms with E-state index in [2.05, 4.69) is 97.8 Å². The van der Waals surface area contributed by atoms with Crippen molar-refractivity contribution in [2.24, 2.45) is 0 Å². The molecule has 6 rings (SSSR count). The zero-order valence-electron chi connectivity index (χ0n) is 42.2. The summed E-state index contributed by atoms with van der Waals surface area (Å²) < 4.78 is 53.7. The second-order valence-electron chi connectivity index (χ2n) is 20.6. The molecule has 0 fully saturated rings. The van der Waals surface area contributed by atoms with Crippen molar-refractivity contribution in [2.75, 3.05) is 0 Å². The molecule has 0 unspecified atom stereocenters. The number of hydrogen-bond acceptors (Lipinski definition) is 10. The molecule has 12 nitrogen and oxygen atoms in total. The van der Waals surface area contributed by atoms with Crippen LogP contribution in [-0.4, -0.2) is 59.5 Å². The molecule has 0 spiro atoms. The summed E-state index contributed by atoms with van der Waals surface area (Å²) in [5.41, 5.74) is 4.99. The van der Waals surface area contributed by atoms with Gasteiger partial charge in [0.15, 0.2) is 25.7 Å². The topological polar surface area (TPSA) is 145 Å². The standard InChI is InChI=1S/C32H45ClFN3O3Si2.C20H17ClFN3O3/c1-20-22(14-16-26(35-9)28(20)33)18-24(21(2)39-41(10,11)31(3,4)5)30-37-36-29(38-30)23-15-17-27(25(34)19-23)40-42(12,13)32(6,7)8;1-10-12(4-6-16(23-3)18(10)21)8-14(11(2)26)20-25-24-19(28-20)13-5-7-17(27)15(22)9-13/h14-17,19,21,24H,18H2,1-8,10-13H3;4-7,9,11,14,26-27H,8H2,1-2H3/t21-,24+;11-,14+/m00/s1. The van der Waals surface area contributed by atoms with Crippen LogP contribution < -0.4 is 4.43 Å². The summed E-state index contributed by atoms with van der Waals surface area (Å²) >= 11 is 12.8.